The summed E-state index contributed by atoms with van der Waals surface area (Å²) < 4.78 is 5.99. The molecule has 0 saturated heterocycles. The van der Waals surface area contributed by atoms with Crippen LogP contribution >= 0.6 is 11.6 Å². The number of aromatic nitrogens is 5. The van der Waals surface area contributed by atoms with Gasteiger partial charge in [-0.1, -0.05) is 48.9 Å². The average molecular weight is 418 g/mol. The van der Waals surface area contributed by atoms with E-state index in [1.807, 2.05) is 19.9 Å². The fraction of sp³-hybridized carbons (Fsp3) is 0.294. The van der Waals surface area contributed by atoms with Crippen molar-refractivity contribution in [2.75, 3.05) is 18.8 Å². The van der Waals surface area contributed by atoms with Crippen molar-refractivity contribution >= 4 is 29.5 Å². The molecule has 0 spiro atoms. The minimum absolute atomic E-state index is 0.0411. The Hall–Kier alpha value is -3.31. The lowest BCUT2D eigenvalue weighted by molar-refractivity contribution is 0.0948. The Balaban J connectivity index is 1.87. The normalized spacial score (nSPS) is 11.4. The molecular formula is C17H20ClN9O2. The number of nitrogens with zero attached hydrogens (tertiary/aromatic N) is 7. The molecule has 0 atom stereocenters. The van der Waals surface area contributed by atoms with E-state index in [-0.39, 0.29) is 17.3 Å². The summed E-state index contributed by atoms with van der Waals surface area (Å²) >= 11 is 6.08. The maximum absolute atomic E-state index is 12.7. The molecule has 12 heteroatoms. The van der Waals surface area contributed by atoms with Crippen molar-refractivity contribution in [3.05, 3.63) is 46.2 Å². The van der Waals surface area contributed by atoms with E-state index in [0.717, 1.165) is 13.1 Å². The zero-order valence-corrected chi connectivity index (χ0v) is 16.7. The van der Waals surface area contributed by atoms with E-state index in [1.54, 1.807) is 18.2 Å². The van der Waals surface area contributed by atoms with E-state index in [2.05, 4.69) is 40.7 Å². The highest BCUT2D eigenvalue weighted by molar-refractivity contribution is 6.33. The number of halogens is 1. The lowest BCUT2D eigenvalue weighted by Crippen LogP contribution is -2.27. The van der Waals surface area contributed by atoms with Crippen LogP contribution in [0, 0.1) is 0 Å². The van der Waals surface area contributed by atoms with E-state index in [4.69, 9.17) is 17.3 Å². The van der Waals surface area contributed by atoms with Gasteiger partial charge in [0.2, 0.25) is 11.6 Å². The number of hydrogen-bond donors (Lipinski definition) is 2. The SMILES string of the molecule is CCN(CC)Cc1c(C(=O)NN=Cc2ccccc2Cl)nnn1-c1nonc1N. The summed E-state index contributed by atoms with van der Waals surface area (Å²) in [4.78, 5) is 14.8. The van der Waals surface area contributed by atoms with Gasteiger partial charge in [0.25, 0.3) is 5.91 Å². The van der Waals surface area contributed by atoms with Gasteiger partial charge in [0.1, 0.15) is 0 Å². The zero-order valence-electron chi connectivity index (χ0n) is 15.9. The summed E-state index contributed by atoms with van der Waals surface area (Å²) in [6.45, 7) is 5.94. The monoisotopic (exact) mass is 417 g/mol. The second-order valence-electron chi connectivity index (χ2n) is 5.95. The largest absolute Gasteiger partial charge is 0.378 e. The highest BCUT2D eigenvalue weighted by Crippen LogP contribution is 2.17. The quantitative estimate of drug-likeness (QED) is 0.415. The number of hydrogen-bond acceptors (Lipinski definition) is 9. The molecule has 3 aromatic rings. The molecule has 0 radical (unpaired) electrons. The third-order valence-electron chi connectivity index (χ3n) is 4.22. The number of hydrazone groups is 1. The van der Waals surface area contributed by atoms with Gasteiger partial charge in [-0.2, -0.15) is 9.78 Å². The fourth-order valence-electron chi connectivity index (χ4n) is 2.58. The van der Waals surface area contributed by atoms with Crippen molar-refractivity contribution in [3.8, 4) is 5.82 Å². The van der Waals surface area contributed by atoms with Gasteiger partial charge in [-0.3, -0.25) is 9.69 Å². The highest BCUT2D eigenvalue weighted by Gasteiger charge is 2.24. The molecule has 2 aromatic heterocycles. The molecule has 3 N–H and O–H groups in total. The topological polar surface area (TPSA) is 140 Å². The smallest absolute Gasteiger partial charge is 0.293 e. The van der Waals surface area contributed by atoms with Gasteiger partial charge in [0.15, 0.2) is 5.69 Å². The first kappa shape index (κ1) is 20.4. The van der Waals surface area contributed by atoms with E-state index < -0.39 is 5.91 Å². The van der Waals surface area contributed by atoms with Gasteiger partial charge in [-0.05, 0) is 29.5 Å². The Morgan fingerprint density at radius 1 is 1.34 bits per heavy atom. The number of carbonyl (C=O) groups is 1. The number of carbonyl (C=O) groups excluding carboxylic acids is 1. The molecule has 0 fully saturated rings. The van der Waals surface area contributed by atoms with Crippen LogP contribution in [0.25, 0.3) is 5.82 Å². The second kappa shape index (κ2) is 9.26. The van der Waals surface area contributed by atoms with Crippen molar-refractivity contribution in [2.24, 2.45) is 5.10 Å². The van der Waals surface area contributed by atoms with Gasteiger partial charge < -0.3 is 5.73 Å². The van der Waals surface area contributed by atoms with Crippen LogP contribution in [0.3, 0.4) is 0 Å². The molecule has 0 saturated carbocycles. The number of nitrogen functional groups attached to an aromatic ring is 1. The van der Waals surface area contributed by atoms with Crippen molar-refractivity contribution < 1.29 is 9.42 Å². The van der Waals surface area contributed by atoms with Crippen LogP contribution in [0.2, 0.25) is 5.02 Å². The molecule has 11 nitrogen and oxygen atoms in total. The Bertz CT molecular complexity index is 1010. The number of nitrogens with one attached hydrogen (secondary N) is 1. The fourth-order valence-corrected chi connectivity index (χ4v) is 2.76. The number of amides is 1. The lowest BCUT2D eigenvalue weighted by atomic mass is 10.2. The molecule has 29 heavy (non-hydrogen) atoms. The van der Waals surface area contributed by atoms with Crippen LogP contribution in [0.15, 0.2) is 34.0 Å². The molecule has 0 aliphatic rings. The van der Waals surface area contributed by atoms with Crippen LogP contribution in [0.4, 0.5) is 5.82 Å². The summed E-state index contributed by atoms with van der Waals surface area (Å²) in [5.41, 5.74) is 9.47. The van der Waals surface area contributed by atoms with Crippen molar-refractivity contribution in [2.45, 2.75) is 20.4 Å². The van der Waals surface area contributed by atoms with Crippen LogP contribution in [-0.4, -0.2) is 55.4 Å². The third kappa shape index (κ3) is 4.58. The van der Waals surface area contributed by atoms with Gasteiger partial charge in [-0.25, -0.2) is 10.1 Å². The zero-order chi connectivity index (χ0) is 20.8. The predicted molar refractivity (Wildman–Crippen MR) is 107 cm³/mol. The molecule has 0 bridgehead atoms. The molecular weight excluding hydrogens is 398 g/mol. The Morgan fingerprint density at radius 2 is 2.10 bits per heavy atom. The maximum Gasteiger partial charge on any atom is 0.293 e. The van der Waals surface area contributed by atoms with Crippen molar-refractivity contribution in [1.82, 2.24) is 35.6 Å². The number of nitrogens with two attached hydrogens (primary N) is 1. The first-order valence-electron chi connectivity index (χ1n) is 8.88. The summed E-state index contributed by atoms with van der Waals surface area (Å²) in [6.07, 6.45) is 1.45. The summed E-state index contributed by atoms with van der Waals surface area (Å²) in [7, 11) is 0. The molecule has 1 amide bonds. The second-order valence-corrected chi connectivity index (χ2v) is 6.36. The standard InChI is InChI=1S/C17H20ClN9O2/c1-3-26(4-2)10-13-14(21-25-27(13)16-15(19)23-29-24-16)17(28)22-20-9-11-7-5-6-8-12(11)18/h5-9H,3-4,10H2,1-2H3,(H2,19,23)(H,22,28). The number of benzene rings is 1. The first-order chi connectivity index (χ1) is 14.0. The van der Waals surface area contributed by atoms with Gasteiger partial charge in [-0.15, -0.1) is 5.10 Å². The van der Waals surface area contributed by atoms with E-state index in [1.165, 1.54) is 10.9 Å². The molecule has 3 rings (SSSR count). The van der Waals surface area contributed by atoms with Crippen LogP contribution in [0.5, 0.6) is 0 Å². The minimum Gasteiger partial charge on any atom is -0.378 e. The highest BCUT2D eigenvalue weighted by atomic mass is 35.5. The number of rotatable bonds is 8. The average Bonchev–Trinajstić information content (AvgIpc) is 3.33. The lowest BCUT2D eigenvalue weighted by Gasteiger charge is -2.18. The minimum atomic E-state index is -0.531. The van der Waals surface area contributed by atoms with E-state index >= 15 is 0 Å². The molecule has 1 aromatic carbocycles. The summed E-state index contributed by atoms with van der Waals surface area (Å²) in [6, 6.07) is 7.13. The number of anilines is 1. The molecule has 2 heterocycles. The van der Waals surface area contributed by atoms with Crippen molar-refractivity contribution in [1.29, 1.82) is 0 Å². The summed E-state index contributed by atoms with van der Waals surface area (Å²) in [5.74, 6) is -0.325. The van der Waals surface area contributed by atoms with Gasteiger partial charge in [0, 0.05) is 17.1 Å². The molecule has 0 aliphatic heterocycles. The third-order valence-corrected chi connectivity index (χ3v) is 4.56. The van der Waals surface area contributed by atoms with Crippen molar-refractivity contribution in [3.63, 3.8) is 0 Å². The van der Waals surface area contributed by atoms with Crippen LogP contribution in [0.1, 0.15) is 35.6 Å². The maximum atomic E-state index is 12.7. The van der Waals surface area contributed by atoms with Gasteiger partial charge >= 0.3 is 0 Å². The molecule has 0 unspecified atom stereocenters. The summed E-state index contributed by atoms with van der Waals surface area (Å²) in [5, 5.41) is 19.8. The van der Waals surface area contributed by atoms with E-state index in [9.17, 15) is 4.79 Å². The Morgan fingerprint density at radius 3 is 2.76 bits per heavy atom. The van der Waals surface area contributed by atoms with Gasteiger partial charge in [0.05, 0.1) is 11.9 Å². The van der Waals surface area contributed by atoms with Crippen LogP contribution in [-0.2, 0) is 6.54 Å². The first-order valence-corrected chi connectivity index (χ1v) is 9.26. The Kier molecular flexibility index (Phi) is 6.52. The molecule has 152 valence electrons. The Labute approximate surface area is 171 Å². The predicted octanol–water partition coefficient (Wildman–Crippen LogP) is 1.49. The molecule has 0 aliphatic carbocycles. The van der Waals surface area contributed by atoms with Crippen LogP contribution < -0.4 is 11.2 Å². The van der Waals surface area contributed by atoms with E-state index in [0.29, 0.717) is 22.8 Å².